The molecular weight excluding hydrogens is 243 g/mol. The summed E-state index contributed by atoms with van der Waals surface area (Å²) in [5, 5.41) is 2.95. The van der Waals surface area contributed by atoms with Crippen molar-refractivity contribution in [3.63, 3.8) is 0 Å². The lowest BCUT2D eigenvalue weighted by Gasteiger charge is -2.18. The summed E-state index contributed by atoms with van der Waals surface area (Å²) >= 11 is 0. The lowest BCUT2D eigenvalue weighted by molar-refractivity contribution is 0.0932. The van der Waals surface area contributed by atoms with E-state index in [2.05, 4.69) is 19.2 Å². The van der Waals surface area contributed by atoms with Crippen molar-refractivity contribution in [2.24, 2.45) is 0 Å². The first kappa shape index (κ1) is 15.5. The molecule has 1 unspecified atom stereocenters. The van der Waals surface area contributed by atoms with Gasteiger partial charge in [0.2, 0.25) is 0 Å². The predicted molar refractivity (Wildman–Crippen MR) is 76.5 cm³/mol. The molecule has 0 saturated heterocycles. The number of hydrogen-bond acceptors (Lipinski definition) is 2. The molecule has 1 amide bonds. The molecule has 1 aromatic carbocycles. The molecule has 0 aromatic heterocycles. The summed E-state index contributed by atoms with van der Waals surface area (Å²) in [5.41, 5.74) is 5.74. The van der Waals surface area contributed by atoms with Gasteiger partial charge in [0.25, 0.3) is 5.91 Å². The van der Waals surface area contributed by atoms with Crippen LogP contribution in [0.25, 0.3) is 0 Å². The van der Waals surface area contributed by atoms with Crippen LogP contribution < -0.4 is 11.1 Å². The molecule has 3 N–H and O–H groups in total. The Morgan fingerprint density at radius 3 is 2.68 bits per heavy atom. The molecule has 0 aliphatic rings. The van der Waals surface area contributed by atoms with Crippen molar-refractivity contribution in [3.05, 3.63) is 29.6 Å². The van der Waals surface area contributed by atoms with Crippen LogP contribution in [0.2, 0.25) is 0 Å². The molecule has 3 nitrogen and oxygen atoms in total. The van der Waals surface area contributed by atoms with E-state index in [0.717, 1.165) is 32.1 Å². The summed E-state index contributed by atoms with van der Waals surface area (Å²) in [6, 6.07) is 4.45. The molecule has 0 spiro atoms. The minimum atomic E-state index is -0.548. The third-order valence-corrected chi connectivity index (χ3v) is 3.18. The van der Waals surface area contributed by atoms with Gasteiger partial charge in [-0.1, -0.05) is 39.2 Å². The van der Waals surface area contributed by atoms with Gasteiger partial charge in [-0.25, -0.2) is 4.39 Å². The summed E-state index contributed by atoms with van der Waals surface area (Å²) in [5.74, 6) is -0.834. The highest BCUT2D eigenvalue weighted by Gasteiger charge is 2.16. The Balaban J connectivity index is 2.72. The van der Waals surface area contributed by atoms with Gasteiger partial charge < -0.3 is 11.1 Å². The van der Waals surface area contributed by atoms with Crippen LogP contribution in [0.5, 0.6) is 0 Å². The lowest BCUT2D eigenvalue weighted by Crippen LogP contribution is -2.35. The monoisotopic (exact) mass is 266 g/mol. The maximum absolute atomic E-state index is 13.3. The number of rotatable bonds is 7. The normalized spacial score (nSPS) is 12.2. The number of hydrogen-bond donors (Lipinski definition) is 2. The minimum Gasteiger partial charge on any atom is -0.396 e. The zero-order chi connectivity index (χ0) is 14.3. The number of benzene rings is 1. The van der Waals surface area contributed by atoms with Crippen molar-refractivity contribution in [2.45, 2.75) is 52.0 Å². The Kier molecular flexibility index (Phi) is 6.33. The Morgan fingerprint density at radius 2 is 2.05 bits per heavy atom. The number of nitrogen functional groups attached to an aromatic ring is 1. The third kappa shape index (κ3) is 4.54. The summed E-state index contributed by atoms with van der Waals surface area (Å²) < 4.78 is 13.3. The van der Waals surface area contributed by atoms with Gasteiger partial charge in [-0.2, -0.15) is 0 Å². The average Bonchev–Trinajstić information content (AvgIpc) is 2.39. The molecule has 0 heterocycles. The number of nitrogens with one attached hydrogen (secondary N) is 1. The second-order valence-electron chi connectivity index (χ2n) is 4.80. The molecule has 106 valence electrons. The standard InChI is InChI=1S/C15H23FN2O/c1-3-5-8-11(7-4-2)18-15(19)12-9-6-10-13(16)14(12)17/h6,9-11H,3-5,7-8,17H2,1-2H3,(H,18,19). The largest absolute Gasteiger partial charge is 0.396 e. The first-order chi connectivity index (χ1) is 9.10. The number of halogens is 1. The van der Waals surface area contributed by atoms with E-state index >= 15 is 0 Å². The van der Waals surface area contributed by atoms with Crippen LogP contribution in [0.1, 0.15) is 56.3 Å². The summed E-state index contributed by atoms with van der Waals surface area (Å²) in [7, 11) is 0. The Bertz CT molecular complexity index is 421. The SMILES string of the molecule is CCCCC(CCC)NC(=O)c1cccc(F)c1N. The molecular formula is C15H23FN2O. The summed E-state index contributed by atoms with van der Waals surface area (Å²) in [6.07, 6.45) is 5.06. The van der Waals surface area contributed by atoms with Crippen LogP contribution in [0.4, 0.5) is 10.1 Å². The van der Waals surface area contributed by atoms with E-state index in [-0.39, 0.29) is 23.2 Å². The molecule has 0 aliphatic carbocycles. The highest BCUT2D eigenvalue weighted by Crippen LogP contribution is 2.16. The van der Waals surface area contributed by atoms with Crippen LogP contribution in [-0.2, 0) is 0 Å². The Morgan fingerprint density at radius 1 is 1.32 bits per heavy atom. The van der Waals surface area contributed by atoms with Crippen LogP contribution in [0.3, 0.4) is 0 Å². The highest BCUT2D eigenvalue weighted by molar-refractivity contribution is 5.99. The number of amides is 1. The van der Waals surface area contributed by atoms with Crippen molar-refractivity contribution in [2.75, 3.05) is 5.73 Å². The molecule has 0 fully saturated rings. The molecule has 0 bridgehead atoms. The van der Waals surface area contributed by atoms with Crippen LogP contribution in [0, 0.1) is 5.82 Å². The zero-order valence-corrected chi connectivity index (χ0v) is 11.7. The van der Waals surface area contributed by atoms with E-state index in [0.29, 0.717) is 0 Å². The first-order valence-corrected chi connectivity index (χ1v) is 6.95. The maximum Gasteiger partial charge on any atom is 0.253 e. The van der Waals surface area contributed by atoms with E-state index < -0.39 is 5.82 Å². The quantitative estimate of drug-likeness (QED) is 0.742. The molecule has 0 radical (unpaired) electrons. The number of carbonyl (C=O) groups is 1. The molecule has 4 heteroatoms. The van der Waals surface area contributed by atoms with Crippen molar-refractivity contribution in [3.8, 4) is 0 Å². The Labute approximate surface area is 114 Å². The Hall–Kier alpha value is -1.58. The smallest absolute Gasteiger partial charge is 0.253 e. The van der Waals surface area contributed by atoms with Crippen molar-refractivity contribution in [1.29, 1.82) is 0 Å². The van der Waals surface area contributed by atoms with Gasteiger partial charge in [0.15, 0.2) is 0 Å². The second kappa shape index (κ2) is 7.77. The van der Waals surface area contributed by atoms with E-state index in [9.17, 15) is 9.18 Å². The van der Waals surface area contributed by atoms with Gasteiger partial charge in [0, 0.05) is 6.04 Å². The summed E-state index contributed by atoms with van der Waals surface area (Å²) in [4.78, 5) is 12.1. The number of anilines is 1. The van der Waals surface area contributed by atoms with E-state index in [1.807, 2.05) is 0 Å². The van der Waals surface area contributed by atoms with E-state index in [1.165, 1.54) is 12.1 Å². The molecule has 1 rings (SSSR count). The maximum atomic E-state index is 13.3. The van der Waals surface area contributed by atoms with E-state index in [4.69, 9.17) is 5.73 Å². The molecule has 0 aliphatic heterocycles. The van der Waals surface area contributed by atoms with Gasteiger partial charge in [0.1, 0.15) is 5.82 Å². The number of carbonyl (C=O) groups excluding carboxylic acids is 1. The zero-order valence-electron chi connectivity index (χ0n) is 11.7. The van der Waals surface area contributed by atoms with Gasteiger partial charge in [-0.3, -0.25) is 4.79 Å². The topological polar surface area (TPSA) is 55.1 Å². The van der Waals surface area contributed by atoms with Gasteiger partial charge in [-0.15, -0.1) is 0 Å². The number of nitrogens with two attached hydrogens (primary N) is 1. The predicted octanol–water partition coefficient (Wildman–Crippen LogP) is 3.50. The van der Waals surface area contributed by atoms with Crippen LogP contribution >= 0.6 is 0 Å². The fraction of sp³-hybridized carbons (Fsp3) is 0.533. The third-order valence-electron chi connectivity index (χ3n) is 3.18. The van der Waals surface area contributed by atoms with Gasteiger partial charge in [0.05, 0.1) is 11.3 Å². The first-order valence-electron chi connectivity index (χ1n) is 6.95. The number of para-hydroxylation sites is 1. The second-order valence-corrected chi connectivity index (χ2v) is 4.80. The fourth-order valence-corrected chi connectivity index (χ4v) is 2.09. The van der Waals surface area contributed by atoms with Crippen molar-refractivity contribution < 1.29 is 9.18 Å². The van der Waals surface area contributed by atoms with Crippen molar-refractivity contribution >= 4 is 11.6 Å². The van der Waals surface area contributed by atoms with Gasteiger partial charge >= 0.3 is 0 Å². The molecule has 1 aromatic rings. The van der Waals surface area contributed by atoms with Gasteiger partial charge in [-0.05, 0) is 25.0 Å². The van der Waals surface area contributed by atoms with Crippen LogP contribution in [-0.4, -0.2) is 11.9 Å². The van der Waals surface area contributed by atoms with Crippen LogP contribution in [0.15, 0.2) is 18.2 Å². The molecule has 1 atom stereocenters. The molecule has 19 heavy (non-hydrogen) atoms. The average molecular weight is 266 g/mol. The minimum absolute atomic E-state index is 0.0780. The number of unbranched alkanes of at least 4 members (excludes halogenated alkanes) is 1. The molecule has 0 saturated carbocycles. The lowest BCUT2D eigenvalue weighted by atomic mass is 10.0. The van der Waals surface area contributed by atoms with Crippen molar-refractivity contribution in [1.82, 2.24) is 5.32 Å². The summed E-state index contributed by atoms with van der Waals surface area (Å²) in [6.45, 7) is 4.21. The van der Waals surface area contributed by atoms with E-state index in [1.54, 1.807) is 6.07 Å². The fourth-order valence-electron chi connectivity index (χ4n) is 2.09. The highest BCUT2D eigenvalue weighted by atomic mass is 19.1.